The fraction of sp³-hybridized carbons (Fsp3) is 0.667. The Morgan fingerprint density at radius 1 is 0.771 bits per heavy atom. The normalized spacial score (nSPS) is 12.8. The lowest BCUT2D eigenvalue weighted by Gasteiger charge is -2.27. The lowest BCUT2D eigenvalue weighted by Crippen LogP contribution is -2.37. The van der Waals surface area contributed by atoms with Gasteiger partial charge in [-0.3, -0.25) is 9.59 Å². The van der Waals surface area contributed by atoms with Crippen LogP contribution in [0.3, 0.4) is 0 Å². The Hall–Kier alpha value is -2.40. The highest BCUT2D eigenvalue weighted by molar-refractivity contribution is 7.93. The molecular formula is C27H41NO6S. The molecule has 35 heavy (non-hydrogen) atoms. The molecular weight excluding hydrogens is 466 g/mol. The molecule has 0 aliphatic heterocycles. The van der Waals surface area contributed by atoms with E-state index in [-0.39, 0.29) is 17.7 Å². The Bertz CT molecular complexity index is 967. The summed E-state index contributed by atoms with van der Waals surface area (Å²) in [5, 5.41) is 28.7. The largest absolute Gasteiger partial charge is 0.481 e. The number of carbonyl (C=O) groups is 2. The molecule has 0 aliphatic rings. The number of carboxylic acid groups (broad SMARTS) is 2. The van der Waals surface area contributed by atoms with Crippen LogP contribution in [-0.2, 0) is 19.4 Å². The summed E-state index contributed by atoms with van der Waals surface area (Å²) in [4.78, 5) is 22.8. The van der Waals surface area contributed by atoms with E-state index >= 15 is 0 Å². The van der Waals surface area contributed by atoms with Gasteiger partial charge < -0.3 is 10.2 Å². The summed E-state index contributed by atoms with van der Waals surface area (Å²) in [5.41, 5.74) is -0.762. The highest BCUT2D eigenvalue weighted by atomic mass is 32.2. The summed E-state index contributed by atoms with van der Waals surface area (Å²) < 4.78 is 25.7. The summed E-state index contributed by atoms with van der Waals surface area (Å²) in [6.07, 6.45) is 4.85. The first kappa shape index (κ1) is 30.6. The Balaban J connectivity index is 2.97. The van der Waals surface area contributed by atoms with Crippen molar-refractivity contribution in [1.29, 1.82) is 5.26 Å². The molecule has 0 heterocycles. The SMILES string of the molecule is Cc1ccc(S(=O)(=O)C(C#N)(CCCCCC(C)(C)C(=O)O)CCCCCC(C)(C)C(=O)O)cc1. The van der Waals surface area contributed by atoms with Crippen LogP contribution in [0, 0.1) is 29.1 Å². The summed E-state index contributed by atoms with van der Waals surface area (Å²) in [6.45, 7) is 8.54. The maximum absolute atomic E-state index is 13.6. The Morgan fingerprint density at radius 3 is 1.49 bits per heavy atom. The van der Waals surface area contributed by atoms with Crippen LogP contribution in [-0.4, -0.2) is 35.3 Å². The second kappa shape index (κ2) is 12.5. The Kier molecular flexibility index (Phi) is 11.0. The molecule has 7 nitrogen and oxygen atoms in total. The van der Waals surface area contributed by atoms with Crippen LogP contribution in [0.4, 0.5) is 0 Å². The molecule has 0 aromatic heterocycles. The zero-order valence-corrected chi connectivity index (χ0v) is 22.6. The van der Waals surface area contributed by atoms with Gasteiger partial charge in [-0.15, -0.1) is 0 Å². The first-order valence-electron chi connectivity index (χ1n) is 12.3. The third-order valence-corrected chi connectivity index (χ3v) is 9.39. The van der Waals surface area contributed by atoms with E-state index in [0.29, 0.717) is 51.4 Å². The molecule has 0 saturated heterocycles. The van der Waals surface area contributed by atoms with Gasteiger partial charge in [0.15, 0.2) is 14.6 Å². The van der Waals surface area contributed by atoms with Gasteiger partial charge in [-0.05, 0) is 72.4 Å². The number of hydrogen-bond donors (Lipinski definition) is 2. The molecule has 196 valence electrons. The van der Waals surface area contributed by atoms with Crippen LogP contribution >= 0.6 is 0 Å². The number of carboxylic acids is 2. The average molecular weight is 508 g/mol. The van der Waals surface area contributed by atoms with Crippen LogP contribution in [0.25, 0.3) is 0 Å². The molecule has 0 saturated carbocycles. The fourth-order valence-corrected chi connectivity index (χ4v) is 5.92. The number of sulfone groups is 1. The third kappa shape index (κ3) is 8.34. The maximum Gasteiger partial charge on any atom is 0.309 e. The van der Waals surface area contributed by atoms with Crippen LogP contribution in [0.15, 0.2) is 29.2 Å². The fourth-order valence-electron chi connectivity index (χ4n) is 4.03. The molecule has 0 aliphatic carbocycles. The third-order valence-electron chi connectivity index (χ3n) is 6.97. The first-order valence-corrected chi connectivity index (χ1v) is 13.8. The predicted octanol–water partition coefficient (Wildman–Crippen LogP) is 6.15. The minimum Gasteiger partial charge on any atom is -0.481 e. The van der Waals surface area contributed by atoms with E-state index in [9.17, 15) is 33.5 Å². The first-order chi connectivity index (χ1) is 16.1. The van der Waals surface area contributed by atoms with Crippen molar-refractivity contribution in [2.45, 2.75) is 108 Å². The molecule has 1 aromatic carbocycles. The summed E-state index contributed by atoms with van der Waals surface area (Å²) in [7, 11) is -3.94. The standard InChI is InChI=1S/C27H41NO6S/c1-21-12-14-22(15-13-21)35(33,34)27(20-28,18-10-6-8-16-25(2,3)23(29)30)19-11-7-9-17-26(4,5)24(31)32/h12-15H,6-11,16-19H2,1-5H3,(H,29,30)(H,31,32). The maximum atomic E-state index is 13.6. The van der Waals surface area contributed by atoms with Crippen molar-refractivity contribution in [3.8, 4) is 6.07 Å². The summed E-state index contributed by atoms with van der Waals surface area (Å²) in [5.74, 6) is -1.73. The number of benzene rings is 1. The Morgan fingerprint density at radius 2 is 1.14 bits per heavy atom. The molecule has 8 heteroatoms. The highest BCUT2D eigenvalue weighted by Gasteiger charge is 2.44. The molecule has 0 bridgehead atoms. The number of unbranched alkanes of at least 4 members (excludes halogenated alkanes) is 4. The van der Waals surface area contributed by atoms with Crippen molar-refractivity contribution in [3.63, 3.8) is 0 Å². The summed E-state index contributed by atoms with van der Waals surface area (Å²) >= 11 is 0. The number of rotatable bonds is 16. The van der Waals surface area contributed by atoms with Crippen molar-refractivity contribution >= 4 is 21.8 Å². The minimum absolute atomic E-state index is 0.128. The van der Waals surface area contributed by atoms with Crippen LogP contribution in [0.2, 0.25) is 0 Å². The van der Waals surface area contributed by atoms with E-state index in [0.717, 1.165) is 5.56 Å². The van der Waals surface area contributed by atoms with Gasteiger partial charge in [0.25, 0.3) is 0 Å². The highest BCUT2D eigenvalue weighted by Crippen LogP contribution is 2.36. The number of hydrogen-bond acceptors (Lipinski definition) is 5. The second-order valence-corrected chi connectivity index (χ2v) is 13.2. The molecule has 0 spiro atoms. The van der Waals surface area contributed by atoms with E-state index in [4.69, 9.17) is 0 Å². The molecule has 0 radical (unpaired) electrons. The monoisotopic (exact) mass is 507 g/mol. The summed E-state index contributed by atoms with van der Waals surface area (Å²) in [6, 6.07) is 8.67. The lowest BCUT2D eigenvalue weighted by atomic mass is 9.86. The van der Waals surface area contributed by atoms with Gasteiger partial charge in [-0.1, -0.05) is 56.2 Å². The van der Waals surface area contributed by atoms with Gasteiger partial charge in [0, 0.05) is 0 Å². The molecule has 1 aromatic rings. The number of aliphatic carboxylic acids is 2. The Labute approximate surface area is 210 Å². The number of nitrogens with zero attached hydrogens (tertiary/aromatic N) is 1. The minimum atomic E-state index is -3.94. The van der Waals surface area contributed by atoms with Gasteiger partial charge in [-0.2, -0.15) is 5.26 Å². The molecule has 2 N–H and O–H groups in total. The van der Waals surface area contributed by atoms with Crippen molar-refractivity contribution in [2.75, 3.05) is 0 Å². The predicted molar refractivity (Wildman–Crippen MR) is 136 cm³/mol. The molecule has 0 atom stereocenters. The van der Waals surface area contributed by atoms with Crippen LogP contribution in [0.1, 0.15) is 97.5 Å². The molecule has 1 rings (SSSR count). The number of aryl methyl sites for hydroxylation is 1. The second-order valence-electron chi connectivity index (χ2n) is 10.9. The van der Waals surface area contributed by atoms with Gasteiger partial charge in [0.1, 0.15) is 0 Å². The smallest absolute Gasteiger partial charge is 0.309 e. The van der Waals surface area contributed by atoms with Crippen molar-refractivity contribution in [3.05, 3.63) is 29.8 Å². The van der Waals surface area contributed by atoms with E-state index < -0.39 is 37.4 Å². The molecule has 0 fully saturated rings. The van der Waals surface area contributed by atoms with E-state index in [1.807, 2.05) is 6.92 Å². The quantitative estimate of drug-likeness (QED) is 0.256. The van der Waals surface area contributed by atoms with E-state index in [2.05, 4.69) is 6.07 Å². The van der Waals surface area contributed by atoms with E-state index in [1.165, 1.54) is 0 Å². The average Bonchev–Trinajstić information content (AvgIpc) is 2.77. The van der Waals surface area contributed by atoms with Gasteiger partial charge in [-0.25, -0.2) is 8.42 Å². The topological polar surface area (TPSA) is 133 Å². The van der Waals surface area contributed by atoms with Gasteiger partial charge >= 0.3 is 11.9 Å². The lowest BCUT2D eigenvalue weighted by molar-refractivity contribution is -0.148. The zero-order chi connectivity index (χ0) is 26.9. The van der Waals surface area contributed by atoms with E-state index in [1.54, 1.807) is 52.0 Å². The van der Waals surface area contributed by atoms with Crippen LogP contribution in [0.5, 0.6) is 0 Å². The van der Waals surface area contributed by atoms with Gasteiger partial charge in [0.05, 0.1) is 21.8 Å². The zero-order valence-electron chi connectivity index (χ0n) is 21.8. The number of nitriles is 1. The van der Waals surface area contributed by atoms with Crippen molar-refractivity contribution < 1.29 is 28.2 Å². The van der Waals surface area contributed by atoms with Gasteiger partial charge in [0.2, 0.25) is 0 Å². The van der Waals surface area contributed by atoms with Crippen LogP contribution < -0.4 is 0 Å². The molecule has 0 amide bonds. The molecule has 0 unspecified atom stereocenters. The van der Waals surface area contributed by atoms with Crippen molar-refractivity contribution in [1.82, 2.24) is 0 Å². The van der Waals surface area contributed by atoms with Crippen molar-refractivity contribution in [2.24, 2.45) is 10.8 Å².